The molecule has 0 spiro atoms. The Morgan fingerprint density at radius 2 is 1.81 bits per heavy atom. The summed E-state index contributed by atoms with van der Waals surface area (Å²) in [6.45, 7) is 0. The summed E-state index contributed by atoms with van der Waals surface area (Å²) in [5.74, 6) is 0. The molecule has 0 aliphatic carbocycles. The van der Waals surface area contributed by atoms with Crippen LogP contribution in [0.5, 0.6) is 0 Å². The molecule has 0 aliphatic rings. The largest absolute Gasteiger partial charge is 0.456 e. The summed E-state index contributed by atoms with van der Waals surface area (Å²) in [7, 11) is 0. The molecule has 0 radical (unpaired) electrons. The third-order valence-electron chi connectivity index (χ3n) is 2.45. The molecule has 2 aromatic carbocycles. The van der Waals surface area contributed by atoms with Crippen molar-refractivity contribution in [2.24, 2.45) is 0 Å². The zero-order valence-corrected chi connectivity index (χ0v) is 11.0. The lowest BCUT2D eigenvalue weighted by molar-refractivity contribution is 0.668. The van der Waals surface area contributed by atoms with Crippen LogP contribution >= 0.6 is 39.1 Å². The molecule has 16 heavy (non-hydrogen) atoms. The van der Waals surface area contributed by atoms with E-state index in [1.165, 1.54) is 0 Å². The Kier molecular flexibility index (Phi) is 2.39. The first-order chi connectivity index (χ1) is 7.65. The zero-order valence-electron chi connectivity index (χ0n) is 7.93. The summed E-state index contributed by atoms with van der Waals surface area (Å²) >= 11 is 15.5. The summed E-state index contributed by atoms with van der Waals surface area (Å²) in [6.07, 6.45) is 0. The van der Waals surface area contributed by atoms with E-state index >= 15 is 0 Å². The van der Waals surface area contributed by atoms with Crippen molar-refractivity contribution in [3.63, 3.8) is 0 Å². The Hall–Kier alpha value is -0.700. The molecule has 0 aliphatic heterocycles. The maximum absolute atomic E-state index is 6.17. The van der Waals surface area contributed by atoms with Gasteiger partial charge in [0.15, 0.2) is 0 Å². The van der Waals surface area contributed by atoms with Crippen molar-refractivity contribution in [2.75, 3.05) is 0 Å². The fourth-order valence-electron chi connectivity index (χ4n) is 1.80. The Morgan fingerprint density at radius 3 is 2.62 bits per heavy atom. The Labute approximate surface area is 110 Å². The van der Waals surface area contributed by atoms with Gasteiger partial charge in [-0.25, -0.2) is 0 Å². The van der Waals surface area contributed by atoms with Gasteiger partial charge in [-0.2, -0.15) is 0 Å². The van der Waals surface area contributed by atoms with Crippen LogP contribution in [-0.4, -0.2) is 0 Å². The fraction of sp³-hybridized carbons (Fsp3) is 0. The van der Waals surface area contributed by atoms with Crippen molar-refractivity contribution in [3.05, 3.63) is 44.8 Å². The molecular formula is C12H5BrCl2O. The maximum Gasteiger partial charge on any atom is 0.138 e. The van der Waals surface area contributed by atoms with E-state index in [0.717, 1.165) is 20.8 Å². The van der Waals surface area contributed by atoms with Gasteiger partial charge in [0.05, 0.1) is 5.02 Å². The summed E-state index contributed by atoms with van der Waals surface area (Å²) < 4.78 is 6.67. The molecule has 3 aromatic rings. The molecule has 4 heteroatoms. The molecular weight excluding hydrogens is 311 g/mol. The number of halogens is 3. The van der Waals surface area contributed by atoms with Crippen LogP contribution in [0.15, 0.2) is 39.2 Å². The highest BCUT2D eigenvalue weighted by molar-refractivity contribution is 9.10. The van der Waals surface area contributed by atoms with Gasteiger partial charge in [0.2, 0.25) is 0 Å². The Balaban J connectivity index is 2.56. The summed E-state index contributed by atoms with van der Waals surface area (Å²) in [5.41, 5.74) is 1.51. The van der Waals surface area contributed by atoms with E-state index in [9.17, 15) is 0 Å². The third kappa shape index (κ3) is 1.53. The molecule has 3 rings (SSSR count). The van der Waals surface area contributed by atoms with Gasteiger partial charge in [0.1, 0.15) is 11.2 Å². The minimum Gasteiger partial charge on any atom is -0.456 e. The fourth-order valence-corrected chi connectivity index (χ4v) is 2.71. The van der Waals surface area contributed by atoms with E-state index in [1.807, 2.05) is 18.2 Å². The third-order valence-corrected chi connectivity index (χ3v) is 3.46. The lowest BCUT2D eigenvalue weighted by atomic mass is 10.1. The zero-order chi connectivity index (χ0) is 11.3. The van der Waals surface area contributed by atoms with Crippen molar-refractivity contribution >= 4 is 61.1 Å². The van der Waals surface area contributed by atoms with Crippen LogP contribution in [0.1, 0.15) is 0 Å². The van der Waals surface area contributed by atoms with Crippen molar-refractivity contribution in [3.8, 4) is 0 Å². The normalized spacial score (nSPS) is 11.4. The molecule has 0 atom stereocenters. The Bertz CT molecular complexity index is 703. The quantitative estimate of drug-likeness (QED) is 0.522. The first-order valence-electron chi connectivity index (χ1n) is 4.62. The van der Waals surface area contributed by atoms with Gasteiger partial charge in [0.25, 0.3) is 0 Å². The number of benzene rings is 2. The number of hydrogen-bond acceptors (Lipinski definition) is 1. The molecule has 0 bridgehead atoms. The van der Waals surface area contributed by atoms with Crippen LogP contribution in [0.4, 0.5) is 0 Å². The molecule has 80 valence electrons. The second kappa shape index (κ2) is 3.66. The number of rotatable bonds is 0. The molecule has 1 aromatic heterocycles. The van der Waals surface area contributed by atoms with E-state index in [-0.39, 0.29) is 0 Å². The van der Waals surface area contributed by atoms with Gasteiger partial charge < -0.3 is 4.42 Å². The maximum atomic E-state index is 6.17. The standard InChI is InChI=1S/C12H5BrCl2O/c13-6-1-2-8-10(3-6)16-11-5-7(14)4-9(15)12(8)11/h1-5H. The second-order valence-electron chi connectivity index (χ2n) is 3.50. The van der Waals surface area contributed by atoms with Gasteiger partial charge in [-0.15, -0.1) is 0 Å². The van der Waals surface area contributed by atoms with Crippen molar-refractivity contribution in [1.29, 1.82) is 0 Å². The van der Waals surface area contributed by atoms with Crippen LogP contribution in [-0.2, 0) is 0 Å². The summed E-state index contributed by atoms with van der Waals surface area (Å²) in [4.78, 5) is 0. The van der Waals surface area contributed by atoms with Gasteiger partial charge >= 0.3 is 0 Å². The minimum absolute atomic E-state index is 0.579. The molecule has 1 nitrogen and oxygen atoms in total. The lowest BCUT2D eigenvalue weighted by Crippen LogP contribution is -1.70. The topological polar surface area (TPSA) is 13.1 Å². The molecule has 0 N–H and O–H groups in total. The number of fused-ring (bicyclic) bond motifs is 3. The number of hydrogen-bond donors (Lipinski definition) is 0. The highest BCUT2D eigenvalue weighted by Gasteiger charge is 2.11. The van der Waals surface area contributed by atoms with Gasteiger partial charge in [-0.3, -0.25) is 0 Å². The monoisotopic (exact) mass is 314 g/mol. The predicted octanol–water partition coefficient (Wildman–Crippen LogP) is 5.66. The highest BCUT2D eigenvalue weighted by Crippen LogP contribution is 2.36. The molecule has 0 fully saturated rings. The molecule has 0 amide bonds. The van der Waals surface area contributed by atoms with Crippen molar-refractivity contribution < 1.29 is 4.42 Å². The molecule has 0 unspecified atom stereocenters. The van der Waals surface area contributed by atoms with Gasteiger partial charge in [-0.05, 0) is 24.3 Å². The van der Waals surface area contributed by atoms with Crippen LogP contribution in [0, 0.1) is 0 Å². The van der Waals surface area contributed by atoms with E-state index in [0.29, 0.717) is 15.6 Å². The molecule has 0 saturated carbocycles. The first-order valence-corrected chi connectivity index (χ1v) is 6.17. The predicted molar refractivity (Wildman–Crippen MR) is 71.4 cm³/mol. The first kappa shape index (κ1) is 10.5. The Morgan fingerprint density at radius 1 is 1.00 bits per heavy atom. The van der Waals surface area contributed by atoms with Crippen LogP contribution < -0.4 is 0 Å². The summed E-state index contributed by atoms with van der Waals surface area (Å²) in [6, 6.07) is 9.35. The minimum atomic E-state index is 0.579. The average Bonchev–Trinajstić information content (AvgIpc) is 2.54. The van der Waals surface area contributed by atoms with Crippen molar-refractivity contribution in [2.45, 2.75) is 0 Å². The van der Waals surface area contributed by atoms with Crippen molar-refractivity contribution in [1.82, 2.24) is 0 Å². The van der Waals surface area contributed by atoms with E-state index < -0.39 is 0 Å². The van der Waals surface area contributed by atoms with E-state index in [2.05, 4.69) is 15.9 Å². The van der Waals surface area contributed by atoms with E-state index in [1.54, 1.807) is 12.1 Å². The number of furan rings is 1. The van der Waals surface area contributed by atoms with Crippen LogP contribution in [0.3, 0.4) is 0 Å². The van der Waals surface area contributed by atoms with Gasteiger partial charge in [0, 0.05) is 26.3 Å². The SMILES string of the molecule is Clc1cc(Cl)c2c(c1)oc1cc(Br)ccc12. The molecule has 1 heterocycles. The smallest absolute Gasteiger partial charge is 0.138 e. The lowest BCUT2D eigenvalue weighted by Gasteiger charge is -1.94. The van der Waals surface area contributed by atoms with Crippen LogP contribution in [0.25, 0.3) is 21.9 Å². The molecule has 0 saturated heterocycles. The summed E-state index contributed by atoms with van der Waals surface area (Å²) in [5, 5.41) is 3.10. The second-order valence-corrected chi connectivity index (χ2v) is 5.26. The highest BCUT2D eigenvalue weighted by atomic mass is 79.9. The van der Waals surface area contributed by atoms with Gasteiger partial charge in [-0.1, -0.05) is 39.1 Å². The van der Waals surface area contributed by atoms with Crippen LogP contribution in [0.2, 0.25) is 10.0 Å². The average molecular weight is 316 g/mol. The van der Waals surface area contributed by atoms with E-state index in [4.69, 9.17) is 27.6 Å².